The summed E-state index contributed by atoms with van der Waals surface area (Å²) in [6, 6.07) is 0. The molecule has 0 bridgehead atoms. The Labute approximate surface area is 330 Å². The van der Waals surface area contributed by atoms with Gasteiger partial charge in [0.1, 0.15) is 6.61 Å². The molecule has 0 amide bonds. The molecule has 54 heavy (non-hydrogen) atoms. The maximum absolute atomic E-state index is 12.4. The first-order valence-corrected chi connectivity index (χ1v) is 23.1. The molecule has 0 aromatic carbocycles. The number of allylic oxidation sites excluding steroid dienone is 10. The zero-order valence-corrected chi connectivity index (χ0v) is 35.2. The highest BCUT2D eigenvalue weighted by molar-refractivity contribution is 7.46. The molecule has 0 rings (SSSR count). The van der Waals surface area contributed by atoms with Crippen molar-refractivity contribution in [2.75, 3.05) is 13.2 Å². The van der Waals surface area contributed by atoms with E-state index in [0.29, 0.717) is 19.3 Å². The maximum Gasteiger partial charge on any atom is 0.469 e. The number of rotatable bonds is 39. The Bertz CT molecular complexity index is 1060. The monoisotopic (exact) mass is 779 g/mol. The predicted octanol–water partition coefficient (Wildman–Crippen LogP) is 13.3. The molecule has 0 unspecified atom stereocenters. The Kier molecular flexibility index (Phi) is 38.7. The molecular weight excluding hydrogens is 699 g/mol. The van der Waals surface area contributed by atoms with Crippen molar-refractivity contribution < 1.29 is 37.9 Å². The van der Waals surface area contributed by atoms with E-state index < -0.39 is 32.5 Å². The molecule has 1 atom stereocenters. The van der Waals surface area contributed by atoms with Crippen molar-refractivity contribution in [3.8, 4) is 0 Å². The van der Waals surface area contributed by atoms with Crippen molar-refractivity contribution in [1.29, 1.82) is 0 Å². The molecular formula is C45H79O8P. The van der Waals surface area contributed by atoms with Crippen molar-refractivity contribution in [2.45, 2.75) is 200 Å². The van der Waals surface area contributed by atoms with E-state index in [1.807, 2.05) is 6.08 Å². The first kappa shape index (κ1) is 51.8. The van der Waals surface area contributed by atoms with Crippen molar-refractivity contribution >= 4 is 19.8 Å². The molecule has 8 nitrogen and oxygen atoms in total. The largest absolute Gasteiger partial charge is 0.469 e. The standard InChI is InChI=1S/C45H79O8P/c1-3-5-7-9-11-13-15-17-19-20-21-22-23-24-26-28-30-32-34-36-38-40-45(47)53-43(42-52-54(48,49)50)41-51-44(46)39-37-35-33-31-29-27-25-18-16-14-12-10-8-6-4-2/h10,12,19-20,22-23,26,28,32,34,43H,3-9,11,13-18,21,24-25,27,29-31,33,35-42H2,1-2H3,(H2,48,49,50)/b12-10+,20-19+,23-22+,28-26+,34-32+/t43-/m1/s1. The van der Waals surface area contributed by atoms with E-state index in [1.165, 1.54) is 109 Å². The zero-order chi connectivity index (χ0) is 39.6. The van der Waals surface area contributed by atoms with Gasteiger partial charge in [0.2, 0.25) is 0 Å². The highest BCUT2D eigenvalue weighted by Crippen LogP contribution is 2.36. The van der Waals surface area contributed by atoms with Crippen LogP contribution in [0, 0.1) is 0 Å². The molecule has 0 saturated heterocycles. The predicted molar refractivity (Wildman–Crippen MR) is 225 cm³/mol. The molecule has 0 radical (unpaired) electrons. The summed E-state index contributed by atoms with van der Waals surface area (Å²) >= 11 is 0. The number of hydrogen-bond donors (Lipinski definition) is 2. The fourth-order valence-electron chi connectivity index (χ4n) is 5.76. The van der Waals surface area contributed by atoms with Crippen LogP contribution in [0.25, 0.3) is 0 Å². The lowest BCUT2D eigenvalue weighted by Crippen LogP contribution is -2.29. The molecule has 0 aromatic heterocycles. The Hall–Kier alpha value is -2.25. The molecule has 0 fully saturated rings. The number of carbonyl (C=O) groups excluding carboxylic acids is 2. The number of unbranched alkanes of at least 4 members (excludes halogenated alkanes) is 19. The Morgan fingerprint density at radius 3 is 1.37 bits per heavy atom. The lowest BCUT2D eigenvalue weighted by molar-refractivity contribution is -0.161. The fourth-order valence-corrected chi connectivity index (χ4v) is 6.12. The van der Waals surface area contributed by atoms with E-state index in [0.717, 1.165) is 38.5 Å². The maximum atomic E-state index is 12.4. The van der Waals surface area contributed by atoms with Crippen molar-refractivity contribution in [2.24, 2.45) is 0 Å². The van der Waals surface area contributed by atoms with Crippen LogP contribution in [-0.4, -0.2) is 41.0 Å². The highest BCUT2D eigenvalue weighted by atomic mass is 31.2. The van der Waals surface area contributed by atoms with Gasteiger partial charge in [-0.3, -0.25) is 14.1 Å². The fraction of sp³-hybridized carbons (Fsp3) is 0.733. The highest BCUT2D eigenvalue weighted by Gasteiger charge is 2.22. The second kappa shape index (κ2) is 40.4. The summed E-state index contributed by atoms with van der Waals surface area (Å²) in [6.07, 6.45) is 50.9. The molecule has 0 aliphatic carbocycles. The summed E-state index contributed by atoms with van der Waals surface area (Å²) in [5.74, 6) is -0.954. The minimum Gasteiger partial charge on any atom is -0.462 e. The van der Waals surface area contributed by atoms with Crippen molar-refractivity contribution in [3.63, 3.8) is 0 Å². The van der Waals surface area contributed by atoms with Crippen molar-refractivity contribution in [1.82, 2.24) is 0 Å². The van der Waals surface area contributed by atoms with Crippen LogP contribution < -0.4 is 0 Å². The summed E-state index contributed by atoms with van der Waals surface area (Å²) in [4.78, 5) is 42.8. The Morgan fingerprint density at radius 1 is 0.481 bits per heavy atom. The van der Waals surface area contributed by atoms with Gasteiger partial charge in [0.15, 0.2) is 6.10 Å². The molecule has 0 aliphatic heterocycles. The van der Waals surface area contributed by atoms with Gasteiger partial charge in [-0.15, -0.1) is 0 Å². The summed E-state index contributed by atoms with van der Waals surface area (Å²) in [5, 5.41) is 0. The van der Waals surface area contributed by atoms with Crippen LogP contribution in [0.3, 0.4) is 0 Å². The minimum atomic E-state index is -4.77. The number of esters is 2. The van der Waals surface area contributed by atoms with E-state index in [9.17, 15) is 14.2 Å². The van der Waals surface area contributed by atoms with Gasteiger partial charge in [-0.1, -0.05) is 171 Å². The van der Waals surface area contributed by atoms with Gasteiger partial charge in [-0.05, 0) is 70.6 Å². The third kappa shape index (κ3) is 42.5. The third-order valence-corrected chi connectivity index (χ3v) is 9.49. The molecule has 2 N–H and O–H groups in total. The van der Waals surface area contributed by atoms with Gasteiger partial charge in [0, 0.05) is 12.8 Å². The Morgan fingerprint density at radius 2 is 0.870 bits per heavy atom. The number of hydrogen-bond acceptors (Lipinski definition) is 6. The van der Waals surface area contributed by atoms with Gasteiger partial charge in [0.05, 0.1) is 6.61 Å². The normalized spacial score (nSPS) is 13.0. The Balaban J connectivity index is 4.02. The van der Waals surface area contributed by atoms with Crippen LogP contribution in [0.4, 0.5) is 0 Å². The summed E-state index contributed by atoms with van der Waals surface area (Å²) in [5.41, 5.74) is 0. The minimum absolute atomic E-state index is 0.134. The van der Waals surface area contributed by atoms with Crippen LogP contribution in [0.1, 0.15) is 194 Å². The quantitative estimate of drug-likeness (QED) is 0.0274. The van der Waals surface area contributed by atoms with Crippen LogP contribution in [0.2, 0.25) is 0 Å². The first-order chi connectivity index (χ1) is 26.3. The van der Waals surface area contributed by atoms with Crippen LogP contribution in [0.5, 0.6) is 0 Å². The van der Waals surface area contributed by atoms with Gasteiger partial charge < -0.3 is 19.3 Å². The first-order valence-electron chi connectivity index (χ1n) is 21.6. The van der Waals surface area contributed by atoms with Gasteiger partial charge in [-0.2, -0.15) is 0 Å². The average molecular weight is 779 g/mol. The second-order valence-corrected chi connectivity index (χ2v) is 15.5. The van der Waals surface area contributed by atoms with Crippen molar-refractivity contribution in [3.05, 3.63) is 60.8 Å². The average Bonchev–Trinajstić information content (AvgIpc) is 3.14. The smallest absolute Gasteiger partial charge is 0.462 e. The molecule has 0 spiro atoms. The molecule has 312 valence electrons. The van der Waals surface area contributed by atoms with Crippen LogP contribution >= 0.6 is 7.82 Å². The number of phosphoric acid groups is 1. The molecule has 0 aliphatic rings. The van der Waals surface area contributed by atoms with E-state index in [2.05, 4.69) is 73.1 Å². The summed E-state index contributed by atoms with van der Waals surface area (Å²) < 4.78 is 26.3. The SMILES string of the molecule is CCCC/C=C/CCCCCCCCCCCC(=O)OC[C@H](COP(=O)(O)O)OC(=O)CCC/C=C/C/C=C/C/C=C/C/C=C/CCCCCCCCC. The number of ether oxygens (including phenoxy) is 2. The zero-order valence-electron chi connectivity index (χ0n) is 34.4. The lowest BCUT2D eigenvalue weighted by Gasteiger charge is -2.18. The topological polar surface area (TPSA) is 119 Å². The number of carbonyl (C=O) groups is 2. The van der Waals surface area contributed by atoms with Gasteiger partial charge >= 0.3 is 19.8 Å². The van der Waals surface area contributed by atoms with E-state index >= 15 is 0 Å². The number of phosphoric ester groups is 1. The van der Waals surface area contributed by atoms with E-state index in [-0.39, 0.29) is 19.4 Å². The summed E-state index contributed by atoms with van der Waals surface area (Å²) in [7, 11) is -4.77. The third-order valence-electron chi connectivity index (χ3n) is 9.01. The second-order valence-electron chi connectivity index (χ2n) is 14.3. The molecule has 9 heteroatoms. The van der Waals surface area contributed by atoms with Crippen LogP contribution in [0.15, 0.2) is 60.8 Å². The lowest BCUT2D eigenvalue weighted by atomic mass is 10.1. The summed E-state index contributed by atoms with van der Waals surface area (Å²) in [6.45, 7) is 3.61. The van der Waals surface area contributed by atoms with Crippen LogP contribution in [-0.2, 0) is 28.2 Å². The molecule has 0 heterocycles. The van der Waals surface area contributed by atoms with Gasteiger partial charge in [-0.25, -0.2) is 4.57 Å². The molecule has 0 saturated carbocycles. The van der Waals surface area contributed by atoms with E-state index in [4.69, 9.17) is 19.3 Å². The van der Waals surface area contributed by atoms with E-state index in [1.54, 1.807) is 0 Å². The molecule has 0 aromatic rings. The van der Waals surface area contributed by atoms with Gasteiger partial charge in [0.25, 0.3) is 0 Å².